The molecule has 5 nitrogen and oxygen atoms in total. The minimum Gasteiger partial charge on any atom is -0.466 e. The number of ether oxygens (including phenoxy) is 2. The summed E-state index contributed by atoms with van der Waals surface area (Å²) in [5.74, 6) is -4.02. The first-order chi connectivity index (χ1) is 8.36. The van der Waals surface area contributed by atoms with Gasteiger partial charge in [0.1, 0.15) is 11.6 Å². The highest BCUT2D eigenvalue weighted by atomic mass is 19.1. The molecule has 2 N–H and O–H groups in total. The van der Waals surface area contributed by atoms with Crippen molar-refractivity contribution in [3.63, 3.8) is 0 Å². The largest absolute Gasteiger partial charge is 0.466 e. The molecule has 98 valence electrons. The van der Waals surface area contributed by atoms with Crippen LogP contribution in [0.2, 0.25) is 0 Å². The Morgan fingerprint density at radius 3 is 2.44 bits per heavy atom. The summed E-state index contributed by atoms with van der Waals surface area (Å²) < 4.78 is 35.1. The predicted molar refractivity (Wildman–Crippen MR) is 57.7 cm³/mol. The molecular formula is C11H11F2NO4. The Morgan fingerprint density at radius 1 is 1.28 bits per heavy atom. The fraction of sp³-hybridized carbons (Fsp3) is 0.273. The molecule has 0 saturated heterocycles. The highest BCUT2D eigenvalue weighted by Crippen LogP contribution is 2.18. The zero-order valence-electron chi connectivity index (χ0n) is 9.70. The van der Waals surface area contributed by atoms with Crippen molar-refractivity contribution in [3.8, 4) is 0 Å². The first kappa shape index (κ1) is 13.9. The van der Waals surface area contributed by atoms with Crippen molar-refractivity contribution >= 4 is 17.6 Å². The third kappa shape index (κ3) is 2.93. The van der Waals surface area contributed by atoms with Crippen LogP contribution >= 0.6 is 0 Å². The summed E-state index contributed by atoms with van der Waals surface area (Å²) in [5.41, 5.74) is 4.26. The van der Waals surface area contributed by atoms with Gasteiger partial charge in [-0.1, -0.05) is 0 Å². The van der Waals surface area contributed by atoms with Gasteiger partial charge in [0.2, 0.25) is 0 Å². The SMILES string of the molecule is COC(=O)C(C)OC(=O)c1cc(N)c(F)cc1F. The molecule has 0 aromatic heterocycles. The number of nitrogens with two attached hydrogens (primary N) is 1. The first-order valence-corrected chi connectivity index (χ1v) is 4.90. The number of carbonyl (C=O) groups excluding carboxylic acids is 2. The van der Waals surface area contributed by atoms with Crippen LogP contribution in [0.5, 0.6) is 0 Å². The summed E-state index contributed by atoms with van der Waals surface area (Å²) in [7, 11) is 1.11. The Hall–Kier alpha value is -2.18. The average molecular weight is 259 g/mol. The van der Waals surface area contributed by atoms with Crippen LogP contribution in [0.1, 0.15) is 17.3 Å². The Bertz CT molecular complexity index is 490. The molecule has 0 spiro atoms. The van der Waals surface area contributed by atoms with Crippen molar-refractivity contribution in [2.75, 3.05) is 12.8 Å². The second-order valence-corrected chi connectivity index (χ2v) is 3.42. The molecule has 0 heterocycles. The normalized spacial score (nSPS) is 11.8. The minimum atomic E-state index is -1.20. The van der Waals surface area contributed by atoms with E-state index in [1.54, 1.807) is 0 Å². The van der Waals surface area contributed by atoms with Crippen molar-refractivity contribution in [2.45, 2.75) is 13.0 Å². The molecular weight excluding hydrogens is 248 g/mol. The summed E-state index contributed by atoms with van der Waals surface area (Å²) >= 11 is 0. The van der Waals surface area contributed by atoms with Gasteiger partial charge < -0.3 is 15.2 Å². The van der Waals surface area contributed by atoms with Crippen molar-refractivity contribution in [1.82, 2.24) is 0 Å². The molecule has 0 bridgehead atoms. The zero-order chi connectivity index (χ0) is 13.9. The van der Waals surface area contributed by atoms with E-state index >= 15 is 0 Å². The van der Waals surface area contributed by atoms with Gasteiger partial charge >= 0.3 is 11.9 Å². The van der Waals surface area contributed by atoms with Crippen molar-refractivity contribution in [1.29, 1.82) is 0 Å². The Labute approximate surface area is 101 Å². The second kappa shape index (κ2) is 5.44. The molecule has 0 radical (unpaired) electrons. The van der Waals surface area contributed by atoms with Gasteiger partial charge in [-0.25, -0.2) is 18.4 Å². The van der Waals surface area contributed by atoms with Crippen LogP contribution in [-0.2, 0) is 14.3 Å². The number of carbonyl (C=O) groups is 2. The molecule has 0 aliphatic carbocycles. The van der Waals surface area contributed by atoms with Crippen LogP contribution < -0.4 is 5.73 Å². The van der Waals surface area contributed by atoms with Gasteiger partial charge in [0.25, 0.3) is 0 Å². The van der Waals surface area contributed by atoms with E-state index in [4.69, 9.17) is 5.73 Å². The molecule has 1 rings (SSSR count). The molecule has 0 saturated carbocycles. The lowest BCUT2D eigenvalue weighted by atomic mass is 10.2. The number of rotatable bonds is 3. The van der Waals surface area contributed by atoms with Gasteiger partial charge in [-0.3, -0.25) is 0 Å². The number of anilines is 1. The van der Waals surface area contributed by atoms with E-state index in [0.717, 1.165) is 13.2 Å². The third-order valence-corrected chi connectivity index (χ3v) is 2.12. The van der Waals surface area contributed by atoms with E-state index in [0.29, 0.717) is 6.07 Å². The second-order valence-electron chi connectivity index (χ2n) is 3.42. The molecule has 1 unspecified atom stereocenters. The number of benzene rings is 1. The quantitative estimate of drug-likeness (QED) is 0.653. The Kier molecular flexibility index (Phi) is 4.19. The lowest BCUT2D eigenvalue weighted by Gasteiger charge is -2.11. The standard InChI is InChI=1S/C11H11F2NO4/c1-5(10(15)17-2)18-11(16)6-3-9(14)8(13)4-7(6)12/h3-5H,14H2,1-2H3. The number of esters is 2. The first-order valence-electron chi connectivity index (χ1n) is 4.90. The number of nitrogen functional groups attached to an aromatic ring is 1. The van der Waals surface area contributed by atoms with E-state index in [1.165, 1.54) is 6.92 Å². The van der Waals surface area contributed by atoms with E-state index in [-0.39, 0.29) is 0 Å². The van der Waals surface area contributed by atoms with Crippen LogP contribution in [0.4, 0.5) is 14.5 Å². The molecule has 0 aliphatic heterocycles. The van der Waals surface area contributed by atoms with Gasteiger partial charge in [0.05, 0.1) is 18.4 Å². The molecule has 0 aliphatic rings. The molecule has 7 heteroatoms. The molecule has 1 atom stereocenters. The summed E-state index contributed by atoms with van der Waals surface area (Å²) in [6.07, 6.45) is -1.20. The van der Waals surface area contributed by atoms with Crippen molar-refractivity contribution < 1.29 is 27.8 Å². The fourth-order valence-electron chi connectivity index (χ4n) is 1.16. The molecule has 18 heavy (non-hydrogen) atoms. The van der Waals surface area contributed by atoms with Gasteiger partial charge in [0.15, 0.2) is 6.10 Å². The van der Waals surface area contributed by atoms with Crippen LogP contribution in [0.15, 0.2) is 12.1 Å². The van der Waals surface area contributed by atoms with Crippen LogP contribution in [0.3, 0.4) is 0 Å². The van der Waals surface area contributed by atoms with Crippen LogP contribution in [0.25, 0.3) is 0 Å². The van der Waals surface area contributed by atoms with E-state index in [9.17, 15) is 18.4 Å². The van der Waals surface area contributed by atoms with Crippen molar-refractivity contribution in [3.05, 3.63) is 29.3 Å². The fourth-order valence-corrected chi connectivity index (χ4v) is 1.16. The van der Waals surface area contributed by atoms with E-state index in [2.05, 4.69) is 9.47 Å². The van der Waals surface area contributed by atoms with E-state index < -0.39 is 40.9 Å². The lowest BCUT2D eigenvalue weighted by Crippen LogP contribution is -2.25. The summed E-state index contributed by atoms with van der Waals surface area (Å²) in [6, 6.07) is 1.27. The Balaban J connectivity index is 2.91. The highest BCUT2D eigenvalue weighted by Gasteiger charge is 2.22. The lowest BCUT2D eigenvalue weighted by molar-refractivity contribution is -0.149. The Morgan fingerprint density at radius 2 is 1.89 bits per heavy atom. The monoisotopic (exact) mass is 259 g/mol. The zero-order valence-corrected chi connectivity index (χ0v) is 9.70. The van der Waals surface area contributed by atoms with Gasteiger partial charge in [-0.05, 0) is 13.0 Å². The minimum absolute atomic E-state index is 0.394. The summed E-state index contributed by atoms with van der Waals surface area (Å²) in [4.78, 5) is 22.5. The molecule has 0 fully saturated rings. The topological polar surface area (TPSA) is 78.6 Å². The van der Waals surface area contributed by atoms with Crippen molar-refractivity contribution in [2.24, 2.45) is 0 Å². The molecule has 1 aromatic rings. The maximum atomic E-state index is 13.3. The third-order valence-electron chi connectivity index (χ3n) is 2.12. The smallest absolute Gasteiger partial charge is 0.346 e. The van der Waals surface area contributed by atoms with Crippen LogP contribution in [-0.4, -0.2) is 25.2 Å². The number of halogens is 2. The predicted octanol–water partition coefficient (Wildman–Crippen LogP) is 1.27. The van der Waals surface area contributed by atoms with Crippen LogP contribution in [0, 0.1) is 11.6 Å². The van der Waals surface area contributed by atoms with Gasteiger partial charge in [-0.15, -0.1) is 0 Å². The van der Waals surface area contributed by atoms with Gasteiger partial charge in [-0.2, -0.15) is 0 Å². The van der Waals surface area contributed by atoms with E-state index in [1.807, 2.05) is 0 Å². The number of hydrogen-bond donors (Lipinski definition) is 1. The maximum Gasteiger partial charge on any atom is 0.346 e. The number of methoxy groups -OCH3 is 1. The summed E-state index contributed by atoms with van der Waals surface area (Å²) in [5, 5.41) is 0. The van der Waals surface area contributed by atoms with Gasteiger partial charge in [0, 0.05) is 6.07 Å². The number of hydrogen-bond acceptors (Lipinski definition) is 5. The highest BCUT2D eigenvalue weighted by molar-refractivity contribution is 5.92. The average Bonchev–Trinajstić information content (AvgIpc) is 2.32. The molecule has 0 amide bonds. The maximum absolute atomic E-state index is 13.3. The summed E-state index contributed by atoms with van der Waals surface area (Å²) in [6.45, 7) is 1.26. The molecule has 1 aromatic carbocycles.